The third-order valence-corrected chi connectivity index (χ3v) is 6.46. The van der Waals surface area contributed by atoms with E-state index in [0.29, 0.717) is 39.8 Å². The number of aryl methyl sites for hydroxylation is 1. The summed E-state index contributed by atoms with van der Waals surface area (Å²) in [5.74, 6) is 1.17. The van der Waals surface area contributed by atoms with Crippen LogP contribution in [0.3, 0.4) is 0 Å². The molecule has 10 nitrogen and oxygen atoms in total. The van der Waals surface area contributed by atoms with Gasteiger partial charge in [0.1, 0.15) is 35.7 Å². The summed E-state index contributed by atoms with van der Waals surface area (Å²) in [5, 5.41) is 4.56. The van der Waals surface area contributed by atoms with Gasteiger partial charge in [0.2, 0.25) is 15.9 Å². The molecule has 0 spiro atoms. The van der Waals surface area contributed by atoms with Crippen molar-refractivity contribution >= 4 is 26.7 Å². The van der Waals surface area contributed by atoms with Crippen LogP contribution in [0.15, 0.2) is 71.8 Å². The highest BCUT2D eigenvalue weighted by Gasteiger charge is 2.18. The topological polar surface area (TPSA) is 125 Å². The third-order valence-electron chi connectivity index (χ3n) is 5.26. The van der Waals surface area contributed by atoms with E-state index >= 15 is 0 Å². The molecule has 0 amide bonds. The van der Waals surface area contributed by atoms with Crippen molar-refractivity contribution in [1.29, 1.82) is 0 Å². The number of para-hydroxylation sites is 1. The van der Waals surface area contributed by atoms with Crippen LogP contribution in [0.4, 0.5) is 5.69 Å². The van der Waals surface area contributed by atoms with Gasteiger partial charge in [-0.1, -0.05) is 17.3 Å². The van der Waals surface area contributed by atoms with Crippen LogP contribution in [0, 0.1) is 13.8 Å². The number of sulfonamides is 1. The number of aromatic nitrogens is 5. The smallest absolute Gasteiger partial charge is 0.238 e. The molecular weight excluding hydrogens is 456 g/mol. The zero-order valence-electron chi connectivity index (χ0n) is 18.3. The Bertz CT molecular complexity index is 1570. The molecule has 0 aliphatic rings. The SMILES string of the molecule is Cc1ncn(-c2cc(Oc3ccc(NS(=O)(=O)Cc4noc5ccccc45)cc3)ncn2)c1C. The van der Waals surface area contributed by atoms with Gasteiger partial charge in [-0.2, -0.15) is 0 Å². The number of nitrogens with one attached hydrogen (secondary N) is 1. The van der Waals surface area contributed by atoms with Crippen LogP contribution in [-0.2, 0) is 15.8 Å². The maximum absolute atomic E-state index is 12.6. The molecule has 34 heavy (non-hydrogen) atoms. The van der Waals surface area contributed by atoms with Gasteiger partial charge in [-0.15, -0.1) is 0 Å². The van der Waals surface area contributed by atoms with Gasteiger partial charge in [0.05, 0.1) is 5.69 Å². The maximum atomic E-state index is 12.6. The van der Waals surface area contributed by atoms with Crippen molar-refractivity contribution in [3.05, 3.63) is 84.3 Å². The molecule has 0 unspecified atom stereocenters. The average Bonchev–Trinajstić information content (AvgIpc) is 3.38. The van der Waals surface area contributed by atoms with Gasteiger partial charge >= 0.3 is 0 Å². The molecule has 0 atom stereocenters. The van der Waals surface area contributed by atoms with E-state index in [4.69, 9.17) is 9.26 Å². The molecule has 2 aromatic carbocycles. The summed E-state index contributed by atoms with van der Waals surface area (Å²) in [4.78, 5) is 12.7. The molecule has 0 aliphatic carbocycles. The Labute approximate surface area is 195 Å². The molecule has 0 saturated carbocycles. The normalized spacial score (nSPS) is 11.6. The molecule has 3 aromatic heterocycles. The fraction of sp³-hybridized carbons (Fsp3) is 0.130. The lowest BCUT2D eigenvalue weighted by Gasteiger charge is -2.10. The maximum Gasteiger partial charge on any atom is 0.238 e. The standard InChI is InChI=1S/C23H20N6O4S/c1-15-16(2)29(14-26-15)22-11-23(25-13-24-22)32-18-9-7-17(8-10-18)28-34(30,31)12-20-19-5-3-4-6-21(19)33-27-20/h3-11,13-14,28H,12H2,1-2H3. The first-order valence-corrected chi connectivity index (χ1v) is 12.0. The first-order chi connectivity index (χ1) is 16.4. The Balaban J connectivity index is 1.28. The summed E-state index contributed by atoms with van der Waals surface area (Å²) in [6.07, 6.45) is 3.11. The molecule has 172 valence electrons. The van der Waals surface area contributed by atoms with Gasteiger partial charge in [0, 0.05) is 22.8 Å². The number of anilines is 1. The van der Waals surface area contributed by atoms with Crippen molar-refractivity contribution in [2.75, 3.05) is 4.72 Å². The number of nitrogens with zero attached hydrogens (tertiary/aromatic N) is 5. The van der Waals surface area contributed by atoms with Crippen LogP contribution in [0.25, 0.3) is 16.8 Å². The molecule has 0 bridgehead atoms. The largest absolute Gasteiger partial charge is 0.439 e. The summed E-state index contributed by atoms with van der Waals surface area (Å²) >= 11 is 0. The minimum atomic E-state index is -3.70. The fourth-order valence-corrected chi connectivity index (χ4v) is 4.53. The second kappa shape index (κ2) is 8.60. The van der Waals surface area contributed by atoms with Crippen LogP contribution in [0.1, 0.15) is 17.1 Å². The van der Waals surface area contributed by atoms with Crippen LogP contribution in [0.5, 0.6) is 11.6 Å². The highest BCUT2D eigenvalue weighted by atomic mass is 32.2. The number of benzene rings is 2. The number of hydrogen-bond acceptors (Lipinski definition) is 8. The van der Waals surface area contributed by atoms with E-state index in [0.717, 1.165) is 11.4 Å². The molecule has 5 rings (SSSR count). The van der Waals surface area contributed by atoms with Crippen molar-refractivity contribution in [3.8, 4) is 17.4 Å². The molecule has 11 heteroatoms. The molecule has 0 fully saturated rings. The number of rotatable bonds is 7. The average molecular weight is 477 g/mol. The monoisotopic (exact) mass is 476 g/mol. The summed E-state index contributed by atoms with van der Waals surface area (Å²) in [6, 6.07) is 15.3. The van der Waals surface area contributed by atoms with Crippen LogP contribution in [-0.4, -0.2) is 33.1 Å². The minimum absolute atomic E-state index is 0.306. The van der Waals surface area contributed by atoms with Crippen LogP contribution < -0.4 is 9.46 Å². The number of imidazole rings is 1. The van der Waals surface area contributed by atoms with Gasteiger partial charge in [0.15, 0.2) is 5.58 Å². The van der Waals surface area contributed by atoms with Gasteiger partial charge in [-0.3, -0.25) is 9.29 Å². The van der Waals surface area contributed by atoms with Crippen molar-refractivity contribution in [2.45, 2.75) is 19.6 Å². The Hall–Kier alpha value is -4.25. The predicted molar refractivity (Wildman–Crippen MR) is 125 cm³/mol. The Kier molecular flexibility index (Phi) is 5.46. The van der Waals surface area contributed by atoms with E-state index in [-0.39, 0.29) is 5.75 Å². The molecule has 5 aromatic rings. The van der Waals surface area contributed by atoms with Crippen molar-refractivity contribution < 1.29 is 17.7 Å². The predicted octanol–water partition coefficient (Wildman–Crippen LogP) is 4.15. The fourth-order valence-electron chi connectivity index (χ4n) is 3.40. The molecule has 0 saturated heterocycles. The Morgan fingerprint density at radius 3 is 2.59 bits per heavy atom. The van der Waals surface area contributed by atoms with Gasteiger partial charge < -0.3 is 9.26 Å². The lowest BCUT2D eigenvalue weighted by atomic mass is 10.2. The Morgan fingerprint density at radius 1 is 1.03 bits per heavy atom. The second-order valence-electron chi connectivity index (χ2n) is 7.61. The molecule has 0 aliphatic heterocycles. The Morgan fingerprint density at radius 2 is 1.82 bits per heavy atom. The minimum Gasteiger partial charge on any atom is -0.439 e. The van der Waals surface area contributed by atoms with Gasteiger partial charge in [-0.25, -0.2) is 23.4 Å². The van der Waals surface area contributed by atoms with E-state index in [1.54, 1.807) is 60.9 Å². The first kappa shape index (κ1) is 21.6. The summed E-state index contributed by atoms with van der Waals surface area (Å²) in [6.45, 7) is 3.88. The third kappa shape index (κ3) is 4.46. The van der Waals surface area contributed by atoms with Crippen molar-refractivity contribution in [1.82, 2.24) is 24.7 Å². The van der Waals surface area contributed by atoms with Gasteiger partial charge in [-0.05, 0) is 50.2 Å². The molecule has 1 N–H and O–H groups in total. The van der Waals surface area contributed by atoms with Crippen LogP contribution in [0.2, 0.25) is 0 Å². The lowest BCUT2D eigenvalue weighted by molar-refractivity contribution is 0.448. The molecule has 3 heterocycles. The van der Waals surface area contributed by atoms with Crippen molar-refractivity contribution in [3.63, 3.8) is 0 Å². The highest BCUT2D eigenvalue weighted by Crippen LogP contribution is 2.25. The summed E-state index contributed by atoms with van der Waals surface area (Å²) in [7, 11) is -3.70. The molecular formula is C23H20N6O4S. The highest BCUT2D eigenvalue weighted by molar-refractivity contribution is 7.91. The van der Waals surface area contributed by atoms with E-state index in [2.05, 4.69) is 24.8 Å². The van der Waals surface area contributed by atoms with E-state index in [1.165, 1.54) is 6.33 Å². The number of ether oxygens (including phenoxy) is 1. The van der Waals surface area contributed by atoms with Crippen LogP contribution >= 0.6 is 0 Å². The zero-order valence-corrected chi connectivity index (χ0v) is 19.2. The lowest BCUT2D eigenvalue weighted by Crippen LogP contribution is -2.15. The van der Waals surface area contributed by atoms with E-state index < -0.39 is 10.0 Å². The van der Waals surface area contributed by atoms with Gasteiger partial charge in [0.25, 0.3) is 0 Å². The first-order valence-electron chi connectivity index (χ1n) is 10.3. The second-order valence-corrected chi connectivity index (χ2v) is 9.34. The van der Waals surface area contributed by atoms with E-state index in [9.17, 15) is 8.42 Å². The number of hydrogen-bond donors (Lipinski definition) is 1. The number of fused-ring (bicyclic) bond motifs is 1. The van der Waals surface area contributed by atoms with E-state index in [1.807, 2.05) is 18.4 Å². The molecule has 0 radical (unpaired) electrons. The zero-order chi connectivity index (χ0) is 23.7. The summed E-state index contributed by atoms with van der Waals surface area (Å²) < 4.78 is 40.7. The quantitative estimate of drug-likeness (QED) is 0.371. The summed E-state index contributed by atoms with van der Waals surface area (Å²) in [5.41, 5.74) is 3.18. The van der Waals surface area contributed by atoms with Crippen molar-refractivity contribution in [2.24, 2.45) is 0 Å².